The summed E-state index contributed by atoms with van der Waals surface area (Å²) in [5.41, 5.74) is 2.77. The Balaban J connectivity index is 1.28. The first-order chi connectivity index (χ1) is 22.4. The number of hydrogen-bond donors (Lipinski definition) is 1. The summed E-state index contributed by atoms with van der Waals surface area (Å²) in [7, 11) is -3.79. The molecular formula is C34H38ClFN6O4S. The third kappa shape index (κ3) is 7.38. The fourth-order valence-corrected chi connectivity index (χ4v) is 7.80. The zero-order chi connectivity index (χ0) is 33.3. The number of rotatable bonds is 7. The third-order valence-electron chi connectivity index (χ3n) is 8.40. The van der Waals surface area contributed by atoms with E-state index in [4.69, 9.17) is 21.4 Å². The molecule has 248 valence electrons. The molecule has 13 heteroatoms. The van der Waals surface area contributed by atoms with Crippen LogP contribution in [0.1, 0.15) is 46.5 Å². The van der Waals surface area contributed by atoms with Crippen molar-refractivity contribution in [2.24, 2.45) is 0 Å². The Kier molecular flexibility index (Phi) is 9.17. The smallest absolute Gasteiger partial charge is 0.410 e. The second-order valence-corrected chi connectivity index (χ2v) is 15.3. The summed E-state index contributed by atoms with van der Waals surface area (Å²) >= 11 is 6.46. The predicted molar refractivity (Wildman–Crippen MR) is 182 cm³/mol. The number of halogens is 2. The summed E-state index contributed by atoms with van der Waals surface area (Å²) < 4.78 is 52.0. The van der Waals surface area contributed by atoms with Crippen molar-refractivity contribution in [3.8, 4) is 28.1 Å². The van der Waals surface area contributed by atoms with Crippen LogP contribution in [0.15, 0.2) is 67.1 Å². The Hall–Kier alpha value is -4.16. The molecule has 1 saturated carbocycles. The number of sulfonamides is 1. The summed E-state index contributed by atoms with van der Waals surface area (Å²) in [4.78, 5) is 20.5. The zero-order valence-electron chi connectivity index (χ0n) is 26.6. The Morgan fingerprint density at radius 2 is 1.60 bits per heavy atom. The van der Waals surface area contributed by atoms with Crippen molar-refractivity contribution in [3.63, 3.8) is 0 Å². The molecule has 3 heterocycles. The van der Waals surface area contributed by atoms with Gasteiger partial charge in [0.2, 0.25) is 10.0 Å². The van der Waals surface area contributed by atoms with Gasteiger partial charge in [0.1, 0.15) is 11.3 Å². The number of aromatic nitrogens is 3. The molecule has 10 nitrogen and oxygen atoms in total. The molecule has 1 aliphatic heterocycles. The summed E-state index contributed by atoms with van der Waals surface area (Å²) in [5.74, 6) is -0.730. The first kappa shape index (κ1) is 32.8. The highest BCUT2D eigenvalue weighted by Crippen LogP contribution is 2.38. The first-order valence-electron chi connectivity index (χ1n) is 15.7. The Morgan fingerprint density at radius 3 is 2.23 bits per heavy atom. The lowest BCUT2D eigenvalue weighted by Crippen LogP contribution is -2.50. The van der Waals surface area contributed by atoms with Gasteiger partial charge in [-0.2, -0.15) is 5.10 Å². The van der Waals surface area contributed by atoms with Crippen molar-refractivity contribution in [1.29, 1.82) is 0 Å². The van der Waals surface area contributed by atoms with Crippen LogP contribution in [-0.2, 0) is 14.8 Å². The first-order valence-corrected chi connectivity index (χ1v) is 17.6. The molecule has 1 N–H and O–H groups in total. The van der Waals surface area contributed by atoms with E-state index in [0.717, 1.165) is 24.2 Å². The number of hydrogen-bond acceptors (Lipinski definition) is 7. The van der Waals surface area contributed by atoms with E-state index in [-0.39, 0.29) is 22.4 Å². The Labute approximate surface area is 279 Å². The van der Waals surface area contributed by atoms with Crippen LogP contribution in [0.2, 0.25) is 5.02 Å². The van der Waals surface area contributed by atoms with Gasteiger partial charge in [0.15, 0.2) is 5.82 Å². The maximum Gasteiger partial charge on any atom is 0.410 e. The largest absolute Gasteiger partial charge is 0.444 e. The monoisotopic (exact) mass is 680 g/mol. The van der Waals surface area contributed by atoms with Gasteiger partial charge in [-0.1, -0.05) is 24.4 Å². The van der Waals surface area contributed by atoms with Crippen molar-refractivity contribution in [1.82, 2.24) is 19.7 Å². The molecule has 0 radical (unpaired) electrons. The average Bonchev–Trinajstić information content (AvgIpc) is 3.74. The molecule has 0 bridgehead atoms. The lowest BCUT2D eigenvalue weighted by atomic mass is 10.0. The van der Waals surface area contributed by atoms with Crippen LogP contribution >= 0.6 is 11.6 Å². The number of ether oxygens (including phenoxy) is 1. The van der Waals surface area contributed by atoms with Gasteiger partial charge in [-0.3, -0.25) is 9.71 Å². The van der Waals surface area contributed by atoms with E-state index < -0.39 is 26.7 Å². The molecule has 2 aromatic carbocycles. The molecule has 0 spiro atoms. The van der Waals surface area contributed by atoms with E-state index in [0.29, 0.717) is 55.8 Å². The average molecular weight is 681 g/mol. The molecular weight excluding hydrogens is 643 g/mol. The molecule has 6 rings (SSSR count). The minimum atomic E-state index is -3.79. The predicted octanol–water partition coefficient (Wildman–Crippen LogP) is 7.14. The SMILES string of the molecule is CC(C)(C)OC(=O)N1CCN(c2ccc(-n3cc(-c4cc(Cl)cc(NS(=O)(=O)C5CCCC5)c4F)c(-c4ccncc4)n3)cc2)CC1. The number of carbonyl (C=O) groups is 1. The highest BCUT2D eigenvalue weighted by molar-refractivity contribution is 7.93. The molecule has 1 saturated heterocycles. The molecule has 2 aliphatic rings. The maximum absolute atomic E-state index is 16.2. The van der Waals surface area contributed by atoms with E-state index in [1.165, 1.54) is 12.1 Å². The number of pyridine rings is 1. The van der Waals surface area contributed by atoms with E-state index in [1.807, 2.05) is 45.0 Å². The summed E-state index contributed by atoms with van der Waals surface area (Å²) in [6.45, 7) is 8.01. The number of carbonyl (C=O) groups excluding carboxylic acids is 1. The minimum Gasteiger partial charge on any atom is -0.444 e. The summed E-state index contributed by atoms with van der Waals surface area (Å²) in [6.07, 6.45) is 7.42. The standard InChI is InChI=1S/C34H38ClFN6O4S/c1-34(2,3)46-33(43)41-18-16-40(17-19-41)25-8-10-26(11-9-25)42-22-29(32(38-42)23-12-14-37-15-13-23)28-20-24(35)21-30(31(28)36)39-47(44,45)27-6-4-5-7-27/h8-15,20-22,27,39H,4-7,16-19H2,1-3H3. The van der Waals surface area contributed by atoms with Crippen LogP contribution in [0.25, 0.3) is 28.1 Å². The van der Waals surface area contributed by atoms with Gasteiger partial charge < -0.3 is 14.5 Å². The quantitative estimate of drug-likeness (QED) is 0.221. The van der Waals surface area contributed by atoms with Crippen molar-refractivity contribution in [3.05, 3.63) is 78.0 Å². The second-order valence-electron chi connectivity index (χ2n) is 12.9. The molecule has 0 atom stereocenters. The number of anilines is 2. The van der Waals surface area contributed by atoms with Crippen LogP contribution in [0.5, 0.6) is 0 Å². The van der Waals surface area contributed by atoms with Crippen molar-refractivity contribution < 1.29 is 22.3 Å². The van der Waals surface area contributed by atoms with E-state index in [1.54, 1.807) is 40.3 Å². The highest BCUT2D eigenvalue weighted by atomic mass is 35.5. The van der Waals surface area contributed by atoms with E-state index in [9.17, 15) is 13.2 Å². The highest BCUT2D eigenvalue weighted by Gasteiger charge is 2.31. The molecule has 1 amide bonds. The Bertz CT molecular complexity index is 1850. The van der Waals surface area contributed by atoms with Gasteiger partial charge in [0.25, 0.3) is 0 Å². The number of nitrogens with zero attached hydrogens (tertiary/aromatic N) is 5. The second kappa shape index (κ2) is 13.2. The maximum atomic E-state index is 16.2. The molecule has 2 aromatic heterocycles. The number of amides is 1. The van der Waals surface area contributed by atoms with E-state index >= 15 is 4.39 Å². The van der Waals surface area contributed by atoms with Gasteiger partial charge in [-0.25, -0.2) is 22.3 Å². The van der Waals surface area contributed by atoms with Crippen LogP contribution in [0, 0.1) is 5.82 Å². The van der Waals surface area contributed by atoms with Crippen LogP contribution in [0.4, 0.5) is 20.6 Å². The molecule has 1 aliphatic carbocycles. The molecule has 4 aromatic rings. The van der Waals surface area contributed by atoms with E-state index in [2.05, 4.69) is 14.6 Å². The van der Waals surface area contributed by atoms with Crippen molar-refractivity contribution >= 4 is 39.1 Å². The van der Waals surface area contributed by atoms with Gasteiger partial charge in [-0.05, 0) is 82.1 Å². The molecule has 47 heavy (non-hydrogen) atoms. The molecule has 2 fully saturated rings. The van der Waals surface area contributed by atoms with Gasteiger partial charge in [0.05, 0.1) is 16.6 Å². The summed E-state index contributed by atoms with van der Waals surface area (Å²) in [5, 5.41) is 4.47. The third-order valence-corrected chi connectivity index (χ3v) is 10.5. The normalized spacial score (nSPS) is 16.0. The molecule has 0 unspecified atom stereocenters. The number of nitrogens with one attached hydrogen (secondary N) is 1. The van der Waals surface area contributed by atoms with Crippen molar-refractivity contribution in [2.45, 2.75) is 57.3 Å². The van der Waals surface area contributed by atoms with Gasteiger partial charge in [0, 0.05) is 72.2 Å². The number of piperazine rings is 1. The zero-order valence-corrected chi connectivity index (χ0v) is 28.2. The van der Waals surface area contributed by atoms with Crippen LogP contribution in [-0.4, -0.2) is 71.2 Å². The minimum absolute atomic E-state index is 0.124. The topological polar surface area (TPSA) is 110 Å². The fraction of sp³-hybridized carbons (Fsp3) is 0.382. The Morgan fingerprint density at radius 1 is 0.957 bits per heavy atom. The van der Waals surface area contributed by atoms with Crippen molar-refractivity contribution in [2.75, 3.05) is 35.8 Å². The fourth-order valence-electron chi connectivity index (χ4n) is 6.01. The van der Waals surface area contributed by atoms with Crippen LogP contribution < -0.4 is 9.62 Å². The lowest BCUT2D eigenvalue weighted by molar-refractivity contribution is 0.0240. The lowest BCUT2D eigenvalue weighted by Gasteiger charge is -2.36. The van der Waals surface area contributed by atoms with Crippen LogP contribution in [0.3, 0.4) is 0 Å². The van der Waals surface area contributed by atoms with Gasteiger partial charge >= 0.3 is 6.09 Å². The van der Waals surface area contributed by atoms with Gasteiger partial charge in [-0.15, -0.1) is 0 Å². The summed E-state index contributed by atoms with van der Waals surface area (Å²) in [6, 6.07) is 14.2. The number of benzene rings is 2.